The summed E-state index contributed by atoms with van der Waals surface area (Å²) < 4.78 is 25.7. The number of hydrogen-bond donors (Lipinski definition) is 1. The van der Waals surface area contributed by atoms with Crippen molar-refractivity contribution in [1.29, 1.82) is 0 Å². The molecule has 0 unspecified atom stereocenters. The molecule has 2 rings (SSSR count). The van der Waals surface area contributed by atoms with Crippen LogP contribution in [0.5, 0.6) is 0 Å². The molecule has 0 saturated carbocycles. The Morgan fingerprint density at radius 2 is 2.13 bits per heavy atom. The number of rotatable bonds is 2. The second kappa shape index (κ2) is 3.66. The highest BCUT2D eigenvalue weighted by Crippen LogP contribution is 2.35. The van der Waals surface area contributed by atoms with E-state index in [1.165, 1.54) is 11.3 Å². The van der Waals surface area contributed by atoms with Gasteiger partial charge in [-0.15, -0.1) is 11.3 Å². The zero-order chi connectivity index (χ0) is 11.1. The maximum absolute atomic E-state index is 11.1. The molecule has 0 radical (unpaired) electrons. The molecule has 0 aliphatic carbocycles. The molecule has 3 nitrogen and oxygen atoms in total. The first kappa shape index (κ1) is 10.7. The summed E-state index contributed by atoms with van der Waals surface area (Å²) in [6.45, 7) is 0. The van der Waals surface area contributed by atoms with Crippen molar-refractivity contribution in [2.24, 2.45) is 0 Å². The molecule has 1 aromatic carbocycles. The second-order valence-electron chi connectivity index (χ2n) is 3.14. The number of benzene rings is 1. The first-order chi connectivity index (χ1) is 6.97. The Kier molecular flexibility index (Phi) is 2.62. The van der Waals surface area contributed by atoms with E-state index >= 15 is 0 Å². The van der Waals surface area contributed by atoms with Crippen molar-refractivity contribution in [1.82, 2.24) is 0 Å². The van der Waals surface area contributed by atoms with Crippen LogP contribution in [0.25, 0.3) is 10.1 Å². The topological polar surface area (TPSA) is 46.2 Å². The number of thiophene rings is 1. The fraction of sp³-hybridized carbons (Fsp3) is 0.111. The average Bonchev–Trinajstić information content (AvgIpc) is 2.46. The van der Waals surface area contributed by atoms with Crippen molar-refractivity contribution in [3.8, 4) is 0 Å². The molecular formula is C9H8ClNO2S2. The van der Waals surface area contributed by atoms with E-state index in [1.807, 2.05) is 6.07 Å². The molecule has 80 valence electrons. The molecule has 1 aromatic heterocycles. The van der Waals surface area contributed by atoms with Crippen LogP contribution in [0.15, 0.2) is 23.6 Å². The highest BCUT2D eigenvalue weighted by atomic mass is 35.5. The van der Waals surface area contributed by atoms with E-state index in [9.17, 15) is 8.42 Å². The molecule has 0 aliphatic heterocycles. The van der Waals surface area contributed by atoms with Gasteiger partial charge in [-0.25, -0.2) is 8.42 Å². The fourth-order valence-corrected chi connectivity index (χ4v) is 3.14. The molecule has 15 heavy (non-hydrogen) atoms. The van der Waals surface area contributed by atoms with Gasteiger partial charge in [0.25, 0.3) is 0 Å². The second-order valence-corrected chi connectivity index (χ2v) is 6.20. The number of hydrogen-bond acceptors (Lipinski definition) is 3. The number of fused-ring (bicyclic) bond motifs is 1. The lowest BCUT2D eigenvalue weighted by molar-refractivity contribution is 0.607. The van der Waals surface area contributed by atoms with Crippen LogP contribution in [0, 0.1) is 0 Å². The summed E-state index contributed by atoms with van der Waals surface area (Å²) in [6, 6.07) is 5.39. The smallest absolute Gasteiger partial charge is 0.229 e. The molecule has 0 fully saturated rings. The van der Waals surface area contributed by atoms with Crippen molar-refractivity contribution >= 4 is 48.7 Å². The van der Waals surface area contributed by atoms with E-state index < -0.39 is 10.0 Å². The van der Waals surface area contributed by atoms with Gasteiger partial charge >= 0.3 is 0 Å². The van der Waals surface area contributed by atoms with E-state index in [4.69, 9.17) is 11.6 Å². The molecule has 0 bridgehead atoms. The molecule has 0 aliphatic rings. The molecule has 0 atom stereocenters. The van der Waals surface area contributed by atoms with Crippen LogP contribution in [0.2, 0.25) is 5.02 Å². The molecule has 0 spiro atoms. The zero-order valence-electron chi connectivity index (χ0n) is 7.82. The SMILES string of the molecule is CS(=O)(=O)Nc1cccc2scc(Cl)c12. The first-order valence-corrected chi connectivity index (χ1v) is 7.26. The van der Waals surface area contributed by atoms with E-state index in [-0.39, 0.29) is 0 Å². The van der Waals surface area contributed by atoms with E-state index in [2.05, 4.69) is 4.72 Å². The van der Waals surface area contributed by atoms with Gasteiger partial charge in [0.05, 0.1) is 17.0 Å². The molecule has 1 heterocycles. The lowest BCUT2D eigenvalue weighted by Gasteiger charge is -2.05. The lowest BCUT2D eigenvalue weighted by atomic mass is 10.2. The monoisotopic (exact) mass is 261 g/mol. The van der Waals surface area contributed by atoms with Gasteiger partial charge in [-0.3, -0.25) is 4.72 Å². The summed E-state index contributed by atoms with van der Waals surface area (Å²) in [6.07, 6.45) is 1.12. The number of nitrogens with one attached hydrogen (secondary N) is 1. The van der Waals surface area contributed by atoms with Gasteiger partial charge in [-0.1, -0.05) is 17.7 Å². The standard InChI is InChI=1S/C9H8ClNO2S2/c1-15(12,13)11-7-3-2-4-8-9(7)6(10)5-14-8/h2-5,11H,1H3. The summed E-state index contributed by atoms with van der Waals surface area (Å²) in [5.74, 6) is 0. The zero-order valence-corrected chi connectivity index (χ0v) is 10.2. The van der Waals surface area contributed by atoms with Crippen molar-refractivity contribution < 1.29 is 8.42 Å². The summed E-state index contributed by atoms with van der Waals surface area (Å²) in [5.41, 5.74) is 0.529. The summed E-state index contributed by atoms with van der Waals surface area (Å²) in [5, 5.41) is 3.12. The minimum absolute atomic E-state index is 0.529. The summed E-state index contributed by atoms with van der Waals surface area (Å²) in [4.78, 5) is 0. The third-order valence-electron chi connectivity index (χ3n) is 1.85. The van der Waals surface area contributed by atoms with Gasteiger partial charge < -0.3 is 0 Å². The summed E-state index contributed by atoms with van der Waals surface area (Å²) in [7, 11) is -3.27. The van der Waals surface area contributed by atoms with E-state index in [1.54, 1.807) is 17.5 Å². The van der Waals surface area contributed by atoms with Crippen molar-refractivity contribution in [3.63, 3.8) is 0 Å². The first-order valence-electron chi connectivity index (χ1n) is 4.11. The van der Waals surface area contributed by atoms with Gasteiger partial charge in [-0.2, -0.15) is 0 Å². The van der Waals surface area contributed by atoms with Crippen molar-refractivity contribution in [2.45, 2.75) is 0 Å². The van der Waals surface area contributed by atoms with Crippen LogP contribution < -0.4 is 4.72 Å². The van der Waals surface area contributed by atoms with Crippen LogP contribution in [0.4, 0.5) is 5.69 Å². The fourth-order valence-electron chi connectivity index (χ4n) is 1.33. The lowest BCUT2D eigenvalue weighted by Crippen LogP contribution is -2.09. The van der Waals surface area contributed by atoms with Gasteiger partial charge in [-0.05, 0) is 12.1 Å². The average molecular weight is 262 g/mol. The quantitative estimate of drug-likeness (QED) is 0.904. The number of sulfonamides is 1. The van der Waals surface area contributed by atoms with Crippen molar-refractivity contribution in [2.75, 3.05) is 11.0 Å². The third kappa shape index (κ3) is 2.25. The van der Waals surface area contributed by atoms with Crippen molar-refractivity contribution in [3.05, 3.63) is 28.6 Å². The largest absolute Gasteiger partial charge is 0.283 e. The minimum Gasteiger partial charge on any atom is -0.283 e. The van der Waals surface area contributed by atoms with Crippen LogP contribution in [0.1, 0.15) is 0 Å². The maximum atomic E-state index is 11.1. The highest BCUT2D eigenvalue weighted by molar-refractivity contribution is 7.92. The Morgan fingerprint density at radius 3 is 2.80 bits per heavy atom. The van der Waals surface area contributed by atoms with Crippen LogP contribution in [-0.4, -0.2) is 14.7 Å². The van der Waals surface area contributed by atoms with Gasteiger partial charge in [0, 0.05) is 15.5 Å². The molecular weight excluding hydrogens is 254 g/mol. The Balaban J connectivity index is 2.65. The minimum atomic E-state index is -3.27. The molecule has 6 heteroatoms. The van der Waals surface area contributed by atoms with E-state index in [0.29, 0.717) is 10.7 Å². The Morgan fingerprint density at radius 1 is 1.40 bits per heavy atom. The van der Waals surface area contributed by atoms with Gasteiger partial charge in [0.2, 0.25) is 10.0 Å². The molecule has 0 amide bonds. The molecule has 0 saturated heterocycles. The van der Waals surface area contributed by atoms with Gasteiger partial charge in [0.15, 0.2) is 0 Å². The molecule has 1 N–H and O–H groups in total. The van der Waals surface area contributed by atoms with E-state index in [0.717, 1.165) is 16.3 Å². The van der Waals surface area contributed by atoms with Crippen LogP contribution in [-0.2, 0) is 10.0 Å². The maximum Gasteiger partial charge on any atom is 0.229 e. The van der Waals surface area contributed by atoms with Crippen LogP contribution in [0.3, 0.4) is 0 Å². The Hall–Kier alpha value is -0.780. The Bertz CT molecular complexity index is 604. The third-order valence-corrected chi connectivity index (χ3v) is 3.82. The normalized spacial score (nSPS) is 11.9. The summed E-state index contributed by atoms with van der Waals surface area (Å²) >= 11 is 7.47. The number of halogens is 1. The number of anilines is 1. The Labute approximate surface area is 96.7 Å². The van der Waals surface area contributed by atoms with Gasteiger partial charge in [0.1, 0.15) is 0 Å². The predicted octanol–water partition coefficient (Wildman–Crippen LogP) is 2.93. The predicted molar refractivity (Wildman–Crippen MR) is 65.3 cm³/mol. The molecule has 2 aromatic rings. The van der Waals surface area contributed by atoms with Crippen LogP contribution >= 0.6 is 22.9 Å². The highest BCUT2D eigenvalue weighted by Gasteiger charge is 2.10.